The normalized spacial score (nSPS) is 23.0. The summed E-state index contributed by atoms with van der Waals surface area (Å²) in [5.41, 5.74) is -7.02. The van der Waals surface area contributed by atoms with E-state index < -0.39 is 68.4 Å². The number of sulfone groups is 1. The molecule has 0 aromatic heterocycles. The van der Waals surface area contributed by atoms with E-state index >= 15 is 0 Å². The molecule has 1 heterocycles. The van der Waals surface area contributed by atoms with Gasteiger partial charge in [0.05, 0.1) is 10.8 Å². The topological polar surface area (TPSA) is 101 Å². The molecule has 1 saturated heterocycles. The largest absolute Gasteiger partial charge is 0.481 e. The number of benzene rings is 2. The van der Waals surface area contributed by atoms with Gasteiger partial charge in [0.25, 0.3) is 0 Å². The molecule has 1 atom stereocenters. The minimum Gasteiger partial charge on any atom is -0.481 e. The number of halogens is 7. The van der Waals surface area contributed by atoms with Gasteiger partial charge < -0.3 is 14.7 Å². The molecule has 1 N–H and O–H groups in total. The lowest BCUT2D eigenvalue weighted by Gasteiger charge is -2.33. The second kappa shape index (κ2) is 13.1. The summed E-state index contributed by atoms with van der Waals surface area (Å²) in [6.07, 6.45) is -10.9. The van der Waals surface area contributed by atoms with Gasteiger partial charge in [-0.25, -0.2) is 12.8 Å². The summed E-state index contributed by atoms with van der Waals surface area (Å²) in [5.74, 6) is -2.57. The van der Waals surface area contributed by atoms with E-state index in [9.17, 15) is 53.8 Å². The Labute approximate surface area is 261 Å². The van der Waals surface area contributed by atoms with E-state index in [0.29, 0.717) is 25.0 Å². The molecule has 1 aliphatic carbocycles. The van der Waals surface area contributed by atoms with E-state index in [1.165, 1.54) is 30.2 Å². The van der Waals surface area contributed by atoms with Crippen LogP contribution in [0.2, 0.25) is 0 Å². The lowest BCUT2D eigenvalue weighted by atomic mass is 9.81. The summed E-state index contributed by atoms with van der Waals surface area (Å²) in [7, 11) is -2.96. The van der Waals surface area contributed by atoms with Gasteiger partial charge in [-0.1, -0.05) is 36.4 Å². The highest BCUT2D eigenvalue weighted by molar-refractivity contribution is 7.92. The molecule has 2 fully saturated rings. The predicted molar refractivity (Wildman–Crippen MR) is 151 cm³/mol. The van der Waals surface area contributed by atoms with Crippen molar-refractivity contribution >= 4 is 21.7 Å². The summed E-state index contributed by atoms with van der Waals surface area (Å²) in [5, 5.41) is 9.29. The zero-order valence-corrected chi connectivity index (χ0v) is 25.7. The third-order valence-corrected chi connectivity index (χ3v) is 11.6. The number of hydrogen-bond acceptors (Lipinski definition) is 5. The second-order valence-corrected chi connectivity index (χ2v) is 14.1. The number of methoxy groups -OCH3 is 1. The summed E-state index contributed by atoms with van der Waals surface area (Å²) < 4.78 is 127. The number of carboxylic acids is 1. The van der Waals surface area contributed by atoms with Crippen molar-refractivity contribution in [2.75, 3.05) is 26.8 Å². The molecule has 0 bridgehead atoms. The highest BCUT2D eigenvalue weighted by Gasteiger charge is 2.73. The molecule has 0 radical (unpaired) electrons. The second-order valence-electron chi connectivity index (χ2n) is 11.9. The van der Waals surface area contributed by atoms with Gasteiger partial charge >= 0.3 is 24.0 Å². The van der Waals surface area contributed by atoms with Crippen molar-refractivity contribution in [2.45, 2.75) is 72.6 Å². The predicted octanol–water partition coefficient (Wildman–Crippen LogP) is 6.35. The number of ether oxygens (including phenoxy) is 1. The lowest BCUT2D eigenvalue weighted by Crippen LogP contribution is -2.50. The molecule has 46 heavy (non-hydrogen) atoms. The van der Waals surface area contributed by atoms with Gasteiger partial charge in [0.2, 0.25) is 5.91 Å². The number of rotatable bonds is 10. The molecule has 254 valence electrons. The third kappa shape index (κ3) is 6.49. The highest BCUT2D eigenvalue weighted by Crippen LogP contribution is 2.54. The van der Waals surface area contributed by atoms with E-state index in [1.807, 2.05) is 0 Å². The maximum Gasteiger partial charge on any atom is 0.435 e. The van der Waals surface area contributed by atoms with Gasteiger partial charge in [-0.3, -0.25) is 9.59 Å². The first-order valence-corrected chi connectivity index (χ1v) is 16.1. The first-order chi connectivity index (χ1) is 21.4. The molecule has 0 spiro atoms. The molecule has 2 aromatic rings. The number of carboxylic acid groups (broad SMARTS) is 1. The highest BCUT2D eigenvalue weighted by atomic mass is 32.2. The van der Waals surface area contributed by atoms with Crippen LogP contribution in [0.5, 0.6) is 0 Å². The van der Waals surface area contributed by atoms with Gasteiger partial charge in [0, 0.05) is 38.3 Å². The number of amides is 1. The molecule has 2 aliphatic rings. The van der Waals surface area contributed by atoms with Gasteiger partial charge in [0.15, 0.2) is 9.84 Å². The fourth-order valence-electron chi connectivity index (χ4n) is 6.43. The fraction of sp³-hybridized carbons (Fsp3) is 0.548. The number of carbonyl (C=O) groups excluding carboxylic acids is 1. The van der Waals surface area contributed by atoms with Crippen LogP contribution in [0.3, 0.4) is 0 Å². The van der Waals surface area contributed by atoms with Gasteiger partial charge in [-0.2, -0.15) is 26.3 Å². The fourth-order valence-corrected chi connectivity index (χ4v) is 8.58. The Morgan fingerprint density at radius 1 is 0.935 bits per heavy atom. The summed E-state index contributed by atoms with van der Waals surface area (Å²) in [4.78, 5) is 26.0. The molecule has 7 nitrogen and oxygen atoms in total. The van der Waals surface area contributed by atoms with Crippen molar-refractivity contribution in [3.05, 3.63) is 65.2 Å². The number of hydrogen-bond donors (Lipinski definition) is 1. The number of carbonyl (C=O) groups is 2. The molecule has 4 rings (SSSR count). The lowest BCUT2D eigenvalue weighted by molar-refractivity contribution is -0.348. The Balaban J connectivity index is 1.75. The number of likely N-dealkylation sites (tertiary alicyclic amines) is 1. The van der Waals surface area contributed by atoms with Crippen molar-refractivity contribution in [1.29, 1.82) is 0 Å². The maximum absolute atomic E-state index is 14.8. The number of aryl methyl sites for hydroxylation is 1. The Bertz CT molecular complexity index is 1510. The van der Waals surface area contributed by atoms with E-state index in [-0.39, 0.29) is 61.2 Å². The van der Waals surface area contributed by atoms with Crippen molar-refractivity contribution in [3.8, 4) is 0 Å². The SMILES string of the molecule is COCCCc1cccc(S(=O)(=O)C2(c3ccc(C(F)(C(F)(F)F)C(F)(F)F)cc3)CCN(C(=O)C3CCC(C(=O)O)CC3)C2)c1. The van der Waals surface area contributed by atoms with Crippen molar-refractivity contribution in [3.63, 3.8) is 0 Å². The number of nitrogens with zero attached hydrogens (tertiary/aromatic N) is 1. The Kier molecular flexibility index (Phi) is 10.2. The van der Waals surface area contributed by atoms with Gasteiger partial charge in [-0.15, -0.1) is 0 Å². The average molecular weight is 682 g/mol. The maximum atomic E-state index is 14.8. The molecule has 15 heteroatoms. The van der Waals surface area contributed by atoms with Crippen LogP contribution >= 0.6 is 0 Å². The Hall–Kier alpha value is -3.20. The standard InChI is InChI=1S/C31H34F7NO6S/c1-45-17-3-5-20-4-2-6-25(18-20)46(43,44)28(15-16-39(19-28)26(40)21-7-9-22(10-8-21)27(41)42)23-11-13-24(14-12-23)29(32,30(33,34)35)31(36,37)38/h2,4,6,11-14,18,21-22H,3,5,7-10,15-17,19H2,1H3,(H,41,42). The van der Waals surface area contributed by atoms with Crippen LogP contribution in [0.15, 0.2) is 53.4 Å². The van der Waals surface area contributed by atoms with Crippen molar-refractivity contribution in [1.82, 2.24) is 4.90 Å². The van der Waals surface area contributed by atoms with E-state index in [2.05, 4.69) is 0 Å². The first-order valence-electron chi connectivity index (χ1n) is 14.7. The summed E-state index contributed by atoms with van der Waals surface area (Å²) >= 11 is 0. The zero-order chi connectivity index (χ0) is 34.1. The third-order valence-electron chi connectivity index (χ3n) is 9.10. The number of aliphatic carboxylic acids is 1. The van der Waals surface area contributed by atoms with Crippen LogP contribution in [0.4, 0.5) is 30.7 Å². The van der Waals surface area contributed by atoms with Crippen LogP contribution < -0.4 is 0 Å². The Morgan fingerprint density at radius 3 is 2.07 bits per heavy atom. The molecule has 1 amide bonds. The van der Waals surface area contributed by atoms with E-state index in [0.717, 1.165) is 12.1 Å². The van der Waals surface area contributed by atoms with Crippen LogP contribution in [0.25, 0.3) is 0 Å². The monoisotopic (exact) mass is 681 g/mol. The minimum absolute atomic E-state index is 0.0929. The zero-order valence-electron chi connectivity index (χ0n) is 24.8. The van der Waals surface area contributed by atoms with Crippen molar-refractivity contribution in [2.24, 2.45) is 11.8 Å². The quantitative estimate of drug-likeness (QED) is 0.232. The van der Waals surface area contributed by atoms with Crippen LogP contribution in [0.1, 0.15) is 55.2 Å². The van der Waals surface area contributed by atoms with E-state index in [1.54, 1.807) is 6.07 Å². The molecule has 1 aliphatic heterocycles. The molecule has 2 aromatic carbocycles. The minimum atomic E-state index is -6.35. The average Bonchev–Trinajstić information content (AvgIpc) is 3.47. The molecule has 1 unspecified atom stereocenters. The first kappa shape index (κ1) is 35.7. The smallest absolute Gasteiger partial charge is 0.435 e. The van der Waals surface area contributed by atoms with Gasteiger partial charge in [0.1, 0.15) is 4.75 Å². The van der Waals surface area contributed by atoms with Crippen LogP contribution in [0, 0.1) is 11.8 Å². The van der Waals surface area contributed by atoms with Crippen LogP contribution in [-0.4, -0.2) is 69.5 Å². The van der Waals surface area contributed by atoms with Gasteiger partial charge in [-0.05, 0) is 68.2 Å². The summed E-state index contributed by atoms with van der Waals surface area (Å²) in [6, 6.07) is 8.01. The van der Waals surface area contributed by atoms with Crippen molar-refractivity contribution < 1.29 is 58.6 Å². The molecular formula is C31H34F7NO6S. The van der Waals surface area contributed by atoms with E-state index in [4.69, 9.17) is 4.74 Å². The number of alkyl halides is 7. The van der Waals surface area contributed by atoms with Crippen LogP contribution in [-0.2, 0) is 41.0 Å². The molecular weight excluding hydrogens is 647 g/mol. The summed E-state index contributed by atoms with van der Waals surface area (Å²) in [6.45, 7) is -0.144. The Morgan fingerprint density at radius 2 is 1.52 bits per heavy atom. The molecule has 1 saturated carbocycles.